The molecule has 9 heteroatoms. The molecule has 2 heterocycles. The number of sulfonamides is 1. The monoisotopic (exact) mass is 486 g/mol. The number of hydrogen-bond donors (Lipinski definition) is 1. The maximum absolute atomic E-state index is 13.3. The van der Waals surface area contributed by atoms with Gasteiger partial charge in [0.15, 0.2) is 5.76 Å². The Morgan fingerprint density at radius 2 is 1.76 bits per heavy atom. The zero-order chi connectivity index (χ0) is 24.6. The van der Waals surface area contributed by atoms with Gasteiger partial charge in [0.1, 0.15) is 17.1 Å². The standard InChI is InChI=1S/C25H30N2O6S/c1-15-10-16(2)14-27(13-15)34(29,30)19-7-9-22-20(12-19)17(3)24(33-22)25(28)26-21-8-6-18(31-4)11-23(21)32-5/h6-9,11-12,15-16H,10,13-14H2,1-5H3,(H,26,28)/t15-,16-/m0/s1. The maximum Gasteiger partial charge on any atom is 0.291 e. The van der Waals surface area contributed by atoms with Crippen LogP contribution in [0.2, 0.25) is 0 Å². The Bertz CT molecular complexity index is 1320. The number of amides is 1. The fraction of sp³-hybridized carbons (Fsp3) is 0.400. The molecule has 0 radical (unpaired) electrons. The van der Waals surface area contributed by atoms with E-state index in [0.29, 0.717) is 58.6 Å². The summed E-state index contributed by atoms with van der Waals surface area (Å²) in [5.41, 5.74) is 1.48. The zero-order valence-corrected chi connectivity index (χ0v) is 20.9. The summed E-state index contributed by atoms with van der Waals surface area (Å²) in [6.45, 7) is 6.90. The lowest BCUT2D eigenvalue weighted by molar-refractivity contribution is 0.0997. The van der Waals surface area contributed by atoms with Crippen molar-refractivity contribution < 1.29 is 27.1 Å². The molecule has 0 spiro atoms. The van der Waals surface area contributed by atoms with Gasteiger partial charge < -0.3 is 19.2 Å². The predicted octanol–water partition coefficient (Wildman–Crippen LogP) is 4.68. The molecule has 0 saturated carbocycles. The van der Waals surface area contributed by atoms with Crippen LogP contribution in [-0.4, -0.2) is 45.9 Å². The minimum Gasteiger partial charge on any atom is -0.497 e. The van der Waals surface area contributed by atoms with Gasteiger partial charge in [0.25, 0.3) is 5.91 Å². The Hall–Kier alpha value is -3.04. The molecule has 182 valence electrons. The third-order valence-electron chi connectivity index (χ3n) is 6.24. The molecule has 1 aliphatic heterocycles. The summed E-state index contributed by atoms with van der Waals surface area (Å²) in [5.74, 6) is 1.31. The van der Waals surface area contributed by atoms with Crippen LogP contribution in [-0.2, 0) is 10.0 Å². The summed E-state index contributed by atoms with van der Waals surface area (Å²) in [7, 11) is -0.599. The normalized spacial score (nSPS) is 19.2. The average molecular weight is 487 g/mol. The van der Waals surface area contributed by atoms with Crippen molar-refractivity contribution in [2.45, 2.75) is 32.1 Å². The fourth-order valence-corrected chi connectivity index (χ4v) is 6.32. The van der Waals surface area contributed by atoms with Crippen LogP contribution in [0.25, 0.3) is 11.0 Å². The van der Waals surface area contributed by atoms with E-state index in [9.17, 15) is 13.2 Å². The lowest BCUT2D eigenvalue weighted by Gasteiger charge is -2.34. The van der Waals surface area contributed by atoms with Crippen molar-refractivity contribution in [1.29, 1.82) is 0 Å². The molecule has 3 aromatic rings. The second-order valence-corrected chi connectivity index (χ2v) is 10.9. The van der Waals surface area contributed by atoms with Crippen LogP contribution in [0, 0.1) is 18.8 Å². The first-order valence-electron chi connectivity index (χ1n) is 11.2. The Kier molecular flexibility index (Phi) is 6.60. The molecule has 0 bridgehead atoms. The van der Waals surface area contributed by atoms with E-state index >= 15 is 0 Å². The minimum absolute atomic E-state index is 0.114. The van der Waals surface area contributed by atoms with Crippen molar-refractivity contribution in [3.63, 3.8) is 0 Å². The van der Waals surface area contributed by atoms with Crippen LogP contribution < -0.4 is 14.8 Å². The number of nitrogens with zero attached hydrogens (tertiary/aromatic N) is 1. The number of carbonyl (C=O) groups excluding carboxylic acids is 1. The molecule has 1 N–H and O–H groups in total. The summed E-state index contributed by atoms with van der Waals surface area (Å²) in [6, 6.07) is 9.80. The van der Waals surface area contributed by atoms with Crippen molar-refractivity contribution in [2.24, 2.45) is 11.8 Å². The summed E-state index contributed by atoms with van der Waals surface area (Å²) < 4.78 is 44.6. The molecule has 34 heavy (non-hydrogen) atoms. The Balaban J connectivity index is 1.64. The van der Waals surface area contributed by atoms with Crippen molar-refractivity contribution >= 4 is 32.6 Å². The topological polar surface area (TPSA) is 98.1 Å². The van der Waals surface area contributed by atoms with E-state index in [2.05, 4.69) is 19.2 Å². The van der Waals surface area contributed by atoms with Crippen molar-refractivity contribution in [2.75, 3.05) is 32.6 Å². The molecule has 1 saturated heterocycles. The molecule has 1 fully saturated rings. The molecule has 0 aliphatic carbocycles. The number of ether oxygens (including phenoxy) is 2. The van der Waals surface area contributed by atoms with E-state index in [1.54, 1.807) is 54.7 Å². The number of benzene rings is 2. The number of rotatable bonds is 6. The van der Waals surface area contributed by atoms with E-state index in [1.807, 2.05) is 0 Å². The number of furan rings is 1. The quantitative estimate of drug-likeness (QED) is 0.543. The van der Waals surface area contributed by atoms with Gasteiger partial charge in [-0.1, -0.05) is 13.8 Å². The SMILES string of the molecule is COc1ccc(NC(=O)c2oc3ccc(S(=O)(=O)N4C[C@@H](C)C[C@H](C)C4)cc3c2C)c(OC)c1. The van der Waals surface area contributed by atoms with Gasteiger partial charge in [-0.2, -0.15) is 4.31 Å². The molecule has 8 nitrogen and oxygen atoms in total. The number of anilines is 1. The lowest BCUT2D eigenvalue weighted by atomic mass is 9.94. The number of fused-ring (bicyclic) bond motifs is 1. The van der Waals surface area contributed by atoms with Crippen molar-refractivity contribution in [3.05, 3.63) is 47.7 Å². The van der Waals surface area contributed by atoms with Crippen molar-refractivity contribution in [3.8, 4) is 11.5 Å². The molecule has 2 atom stereocenters. The molecule has 1 aromatic heterocycles. The molecular weight excluding hydrogens is 456 g/mol. The molecule has 1 amide bonds. The van der Waals surface area contributed by atoms with Crippen LogP contribution in [0.3, 0.4) is 0 Å². The van der Waals surface area contributed by atoms with Gasteiger partial charge in [-0.15, -0.1) is 0 Å². The first-order chi connectivity index (χ1) is 16.1. The van der Waals surface area contributed by atoms with Crippen LogP contribution in [0.1, 0.15) is 36.4 Å². The molecule has 2 aromatic carbocycles. The van der Waals surface area contributed by atoms with Gasteiger partial charge >= 0.3 is 0 Å². The second-order valence-electron chi connectivity index (χ2n) is 9.00. The highest BCUT2D eigenvalue weighted by Crippen LogP contribution is 2.33. The third-order valence-corrected chi connectivity index (χ3v) is 8.07. The second kappa shape index (κ2) is 9.31. The maximum atomic E-state index is 13.3. The van der Waals surface area contributed by atoms with E-state index in [-0.39, 0.29) is 10.7 Å². The highest BCUT2D eigenvalue weighted by atomic mass is 32.2. The Morgan fingerprint density at radius 1 is 1.06 bits per heavy atom. The molecule has 1 aliphatic rings. The Morgan fingerprint density at radius 3 is 2.41 bits per heavy atom. The van der Waals surface area contributed by atoms with Gasteiger partial charge in [-0.25, -0.2) is 8.42 Å². The first kappa shape index (κ1) is 24.1. The predicted molar refractivity (Wildman–Crippen MR) is 130 cm³/mol. The number of carbonyl (C=O) groups is 1. The minimum atomic E-state index is -3.65. The summed E-state index contributed by atoms with van der Waals surface area (Å²) in [6.07, 6.45) is 1.02. The van der Waals surface area contributed by atoms with Crippen LogP contribution >= 0.6 is 0 Å². The largest absolute Gasteiger partial charge is 0.497 e. The third kappa shape index (κ3) is 4.50. The molecule has 4 rings (SSSR count). The summed E-state index contributed by atoms with van der Waals surface area (Å²) in [5, 5.41) is 3.39. The van der Waals surface area contributed by atoms with Crippen LogP contribution in [0.15, 0.2) is 45.7 Å². The number of nitrogens with one attached hydrogen (secondary N) is 1. The van der Waals surface area contributed by atoms with Gasteiger partial charge in [0, 0.05) is 30.1 Å². The van der Waals surface area contributed by atoms with Crippen LogP contribution in [0.5, 0.6) is 11.5 Å². The summed E-state index contributed by atoms with van der Waals surface area (Å²) >= 11 is 0. The number of piperidine rings is 1. The van der Waals surface area contributed by atoms with E-state index in [0.717, 1.165) is 6.42 Å². The Labute approximate surface area is 199 Å². The number of aryl methyl sites for hydroxylation is 1. The first-order valence-corrected chi connectivity index (χ1v) is 12.6. The van der Waals surface area contributed by atoms with Gasteiger partial charge in [-0.05, 0) is 55.5 Å². The highest BCUT2D eigenvalue weighted by molar-refractivity contribution is 7.89. The summed E-state index contributed by atoms with van der Waals surface area (Å²) in [4.78, 5) is 13.2. The fourth-order valence-electron chi connectivity index (χ4n) is 4.61. The highest BCUT2D eigenvalue weighted by Gasteiger charge is 2.32. The van der Waals surface area contributed by atoms with E-state index < -0.39 is 15.9 Å². The zero-order valence-electron chi connectivity index (χ0n) is 20.0. The van der Waals surface area contributed by atoms with Crippen molar-refractivity contribution in [1.82, 2.24) is 4.31 Å². The lowest BCUT2D eigenvalue weighted by Crippen LogP contribution is -2.42. The number of hydrogen-bond acceptors (Lipinski definition) is 6. The average Bonchev–Trinajstić information content (AvgIpc) is 3.14. The van der Waals surface area contributed by atoms with E-state index in [1.165, 1.54) is 7.11 Å². The van der Waals surface area contributed by atoms with E-state index in [4.69, 9.17) is 13.9 Å². The van der Waals surface area contributed by atoms with Crippen LogP contribution in [0.4, 0.5) is 5.69 Å². The molecular formula is C25H30N2O6S. The smallest absolute Gasteiger partial charge is 0.291 e. The van der Waals surface area contributed by atoms with Gasteiger partial charge in [-0.3, -0.25) is 4.79 Å². The molecule has 0 unspecified atom stereocenters. The number of methoxy groups -OCH3 is 2. The van der Waals surface area contributed by atoms with Gasteiger partial charge in [0.2, 0.25) is 10.0 Å². The van der Waals surface area contributed by atoms with Gasteiger partial charge in [0.05, 0.1) is 24.8 Å².